The zero-order valence-electron chi connectivity index (χ0n) is 15.0. The summed E-state index contributed by atoms with van der Waals surface area (Å²) < 4.78 is 34.9. The summed E-state index contributed by atoms with van der Waals surface area (Å²) in [6.45, 7) is 3.18. The molecule has 1 atom stereocenters. The summed E-state index contributed by atoms with van der Waals surface area (Å²) in [5.41, 5.74) is 1.22. The number of hydrogen-bond donors (Lipinski definition) is 2. The minimum atomic E-state index is -0.757. The topological polar surface area (TPSA) is 76.4 Å². The van der Waals surface area contributed by atoms with Crippen molar-refractivity contribution in [3.63, 3.8) is 0 Å². The van der Waals surface area contributed by atoms with Crippen LogP contribution in [0.5, 0.6) is 11.5 Å². The van der Waals surface area contributed by atoms with Gasteiger partial charge in [0.1, 0.15) is 11.6 Å². The Bertz CT molecular complexity index is 1080. The number of rotatable bonds is 3. The molecule has 1 aromatic rings. The Balaban J connectivity index is 1.58. The lowest BCUT2D eigenvalue weighted by Crippen LogP contribution is -2.22. The standard InChI is InChI=1S/C19H18F2N6O/c20-12-1-2-15(14(21)8-12)28-16-7-11-9-24-19(25-13-3-4-22-10-13)26-17(11)27-6-5-23-18(16)27/h1-2,7-9,13,22-23H,3-6,10H2. The van der Waals surface area contributed by atoms with E-state index >= 15 is 0 Å². The first kappa shape index (κ1) is 17.1. The maximum Gasteiger partial charge on any atom is 0.246 e. The van der Waals surface area contributed by atoms with Crippen LogP contribution >= 0.6 is 0 Å². The number of hydrogen-bond acceptors (Lipinski definition) is 6. The molecule has 2 N–H and O–H groups in total. The minimum absolute atomic E-state index is 0.0430. The molecule has 0 bridgehead atoms. The first-order valence-electron chi connectivity index (χ1n) is 9.19. The van der Waals surface area contributed by atoms with Gasteiger partial charge < -0.3 is 19.9 Å². The Labute approximate surface area is 159 Å². The van der Waals surface area contributed by atoms with Crippen LogP contribution in [0.1, 0.15) is 6.42 Å². The summed E-state index contributed by atoms with van der Waals surface area (Å²) in [5.74, 6) is 0.424. The second-order valence-electron chi connectivity index (χ2n) is 6.84. The van der Waals surface area contributed by atoms with Crippen LogP contribution in [-0.2, 0) is 6.54 Å². The largest absolute Gasteiger partial charge is 0.450 e. The molecule has 0 amide bonds. The second kappa shape index (κ2) is 6.83. The number of pyridine rings is 1. The van der Waals surface area contributed by atoms with Crippen molar-refractivity contribution >= 4 is 5.82 Å². The smallest absolute Gasteiger partial charge is 0.246 e. The zero-order valence-corrected chi connectivity index (χ0v) is 15.0. The molecule has 0 radical (unpaired) electrons. The Morgan fingerprint density at radius 3 is 2.93 bits per heavy atom. The van der Waals surface area contributed by atoms with Crippen molar-refractivity contribution in [1.82, 2.24) is 19.9 Å². The third-order valence-corrected chi connectivity index (χ3v) is 4.90. The average Bonchev–Trinajstić information content (AvgIpc) is 3.36. The van der Waals surface area contributed by atoms with Gasteiger partial charge >= 0.3 is 0 Å². The van der Waals surface area contributed by atoms with Gasteiger partial charge in [0.05, 0.1) is 6.04 Å². The number of nitrogens with zero attached hydrogens (tertiary/aromatic N) is 4. The van der Waals surface area contributed by atoms with Gasteiger partial charge in [0, 0.05) is 37.5 Å². The second-order valence-corrected chi connectivity index (χ2v) is 6.84. The van der Waals surface area contributed by atoms with Crippen LogP contribution in [0.15, 0.2) is 35.5 Å². The summed E-state index contributed by atoms with van der Waals surface area (Å²) in [6.07, 6.45) is 2.67. The van der Waals surface area contributed by atoms with Crippen molar-refractivity contribution in [3.8, 4) is 22.9 Å². The average molecular weight is 384 g/mol. The fraction of sp³-hybridized carbons (Fsp3) is 0.316. The van der Waals surface area contributed by atoms with Gasteiger partial charge in [-0.25, -0.2) is 18.8 Å². The quantitative estimate of drug-likeness (QED) is 0.724. The molecule has 0 spiro atoms. The highest BCUT2D eigenvalue weighted by Gasteiger charge is 2.23. The maximum atomic E-state index is 14.0. The fourth-order valence-corrected chi connectivity index (χ4v) is 3.56. The number of anilines is 1. The van der Waals surface area contributed by atoms with E-state index < -0.39 is 11.6 Å². The molecule has 1 unspecified atom stereocenters. The van der Waals surface area contributed by atoms with E-state index in [1.807, 2.05) is 4.57 Å². The number of nitrogens with one attached hydrogen (secondary N) is 2. The van der Waals surface area contributed by atoms with Crippen molar-refractivity contribution in [2.45, 2.75) is 19.0 Å². The first-order chi connectivity index (χ1) is 13.7. The SMILES string of the molecule is Fc1ccc(Oc2cc3cnc(=NC4CCNC4)nc-3n3c2NCC3)c(F)c1. The molecule has 4 aliphatic heterocycles. The van der Waals surface area contributed by atoms with Crippen LogP contribution in [0.2, 0.25) is 0 Å². The van der Waals surface area contributed by atoms with Crippen molar-refractivity contribution < 1.29 is 13.5 Å². The van der Waals surface area contributed by atoms with E-state index in [2.05, 4.69) is 25.6 Å². The molecular formula is C19H18F2N6O. The Morgan fingerprint density at radius 2 is 2.11 bits per heavy atom. The summed E-state index contributed by atoms with van der Waals surface area (Å²) in [7, 11) is 0. The van der Waals surface area contributed by atoms with E-state index in [4.69, 9.17) is 4.74 Å². The van der Waals surface area contributed by atoms with E-state index in [1.165, 1.54) is 6.07 Å². The number of ether oxygens (including phenoxy) is 1. The molecule has 7 nitrogen and oxygen atoms in total. The van der Waals surface area contributed by atoms with Crippen molar-refractivity contribution in [1.29, 1.82) is 0 Å². The molecule has 28 heavy (non-hydrogen) atoms. The molecule has 1 saturated heterocycles. The Hall–Kier alpha value is -3.07. The third kappa shape index (κ3) is 3.07. The summed E-state index contributed by atoms with van der Waals surface area (Å²) in [6, 6.07) is 5.18. The molecule has 0 saturated carbocycles. The summed E-state index contributed by atoms with van der Waals surface area (Å²) >= 11 is 0. The van der Waals surface area contributed by atoms with E-state index in [0.29, 0.717) is 30.3 Å². The summed E-state index contributed by atoms with van der Waals surface area (Å²) in [5, 5.41) is 6.52. The van der Waals surface area contributed by atoms with Crippen LogP contribution in [0.25, 0.3) is 11.4 Å². The molecule has 1 fully saturated rings. The van der Waals surface area contributed by atoms with Gasteiger partial charge in [0.15, 0.2) is 23.1 Å². The molecule has 0 aliphatic carbocycles. The molecule has 5 rings (SSSR count). The monoisotopic (exact) mass is 384 g/mol. The Kier molecular flexibility index (Phi) is 4.16. The predicted molar refractivity (Wildman–Crippen MR) is 98.4 cm³/mol. The Morgan fingerprint density at radius 1 is 1.18 bits per heavy atom. The van der Waals surface area contributed by atoms with Gasteiger partial charge in [0.2, 0.25) is 5.62 Å². The van der Waals surface area contributed by atoms with Crippen LogP contribution in [0.4, 0.5) is 14.6 Å². The van der Waals surface area contributed by atoms with E-state index in [-0.39, 0.29) is 11.8 Å². The number of halogens is 2. The lowest BCUT2D eigenvalue weighted by Gasteiger charge is -2.17. The van der Waals surface area contributed by atoms with Crippen LogP contribution in [-0.4, -0.2) is 40.2 Å². The highest BCUT2D eigenvalue weighted by atomic mass is 19.1. The third-order valence-electron chi connectivity index (χ3n) is 4.90. The predicted octanol–water partition coefficient (Wildman–Crippen LogP) is 2.14. The van der Waals surface area contributed by atoms with Gasteiger partial charge in [-0.15, -0.1) is 0 Å². The minimum Gasteiger partial charge on any atom is -0.450 e. The van der Waals surface area contributed by atoms with Crippen LogP contribution in [0, 0.1) is 11.6 Å². The lowest BCUT2D eigenvalue weighted by molar-refractivity contribution is 0.436. The molecule has 4 heterocycles. The molecule has 4 aliphatic rings. The molecule has 9 heteroatoms. The number of benzene rings is 1. The zero-order chi connectivity index (χ0) is 19.1. The number of fused-ring (bicyclic) bond motifs is 3. The molecule has 1 aromatic carbocycles. The van der Waals surface area contributed by atoms with Crippen molar-refractivity contribution in [2.24, 2.45) is 4.99 Å². The van der Waals surface area contributed by atoms with Gasteiger partial charge in [0.25, 0.3) is 0 Å². The molecule has 0 aromatic heterocycles. The normalized spacial score (nSPS) is 19.1. The van der Waals surface area contributed by atoms with E-state index in [9.17, 15) is 8.78 Å². The highest BCUT2D eigenvalue weighted by molar-refractivity contribution is 5.68. The van der Waals surface area contributed by atoms with Crippen molar-refractivity contribution in [3.05, 3.63) is 47.7 Å². The van der Waals surface area contributed by atoms with Crippen LogP contribution in [0.3, 0.4) is 0 Å². The highest BCUT2D eigenvalue weighted by Crippen LogP contribution is 2.38. The van der Waals surface area contributed by atoms with Gasteiger partial charge in [-0.05, 0) is 31.2 Å². The number of aromatic nitrogens is 3. The van der Waals surface area contributed by atoms with Crippen molar-refractivity contribution in [2.75, 3.05) is 25.0 Å². The maximum absolute atomic E-state index is 14.0. The van der Waals surface area contributed by atoms with Gasteiger partial charge in [-0.2, -0.15) is 4.98 Å². The van der Waals surface area contributed by atoms with Gasteiger partial charge in [-0.3, -0.25) is 0 Å². The lowest BCUT2D eigenvalue weighted by atomic mass is 10.2. The van der Waals surface area contributed by atoms with Gasteiger partial charge in [-0.1, -0.05) is 0 Å². The molecule has 144 valence electrons. The van der Waals surface area contributed by atoms with Crippen LogP contribution < -0.4 is 21.0 Å². The molecular weight excluding hydrogens is 366 g/mol. The first-order valence-corrected chi connectivity index (χ1v) is 9.19. The summed E-state index contributed by atoms with van der Waals surface area (Å²) in [4.78, 5) is 13.6. The van der Waals surface area contributed by atoms with E-state index in [0.717, 1.165) is 43.0 Å². The van der Waals surface area contributed by atoms with E-state index in [1.54, 1.807) is 12.3 Å². The fourth-order valence-electron chi connectivity index (χ4n) is 3.56.